The number of nitrogens with one attached hydrogen (secondary N) is 1. The Bertz CT molecular complexity index is 906. The highest BCUT2D eigenvalue weighted by molar-refractivity contribution is 7.82. The summed E-state index contributed by atoms with van der Waals surface area (Å²) in [5.74, 6) is 0. The normalized spacial score (nSPS) is 13.6. The Morgan fingerprint density at radius 2 is 1.15 bits per heavy atom. The van der Waals surface area contributed by atoms with Gasteiger partial charge in [-0.1, -0.05) is 91.0 Å². The van der Waals surface area contributed by atoms with Gasteiger partial charge >= 0.3 is 0 Å². The van der Waals surface area contributed by atoms with Crippen molar-refractivity contribution in [1.29, 1.82) is 0 Å². The van der Waals surface area contributed by atoms with Gasteiger partial charge < -0.3 is 9.88 Å². The van der Waals surface area contributed by atoms with Gasteiger partial charge in [-0.05, 0) is 26.3 Å². The van der Waals surface area contributed by atoms with Crippen LogP contribution in [0.25, 0.3) is 0 Å². The number of hydrogen-bond donors (Lipinski definition) is 1. The second-order valence-corrected chi connectivity index (χ2v) is 9.69. The molecule has 0 aliphatic rings. The molecule has 0 radical (unpaired) electrons. The average Bonchev–Trinajstić information content (AvgIpc) is 2.74. The molecule has 0 amide bonds. The van der Waals surface area contributed by atoms with Crippen LogP contribution >= 0.6 is 7.14 Å². The molecule has 27 heavy (non-hydrogen) atoms. The molecule has 0 aliphatic heterocycles. The Balaban J connectivity index is 2.04. The molecule has 0 aliphatic carbocycles. The minimum atomic E-state index is -2.90. The zero-order chi connectivity index (χ0) is 19.3. The van der Waals surface area contributed by atoms with Gasteiger partial charge in [-0.15, -0.1) is 0 Å². The van der Waals surface area contributed by atoms with Crippen LogP contribution in [0, 0.1) is 0 Å². The quantitative estimate of drug-likeness (QED) is 0.568. The Morgan fingerprint density at radius 1 is 0.741 bits per heavy atom. The van der Waals surface area contributed by atoms with Crippen LogP contribution in [-0.2, 0) is 4.57 Å². The first-order valence-electron chi connectivity index (χ1n) is 9.24. The Labute approximate surface area is 162 Å². The molecule has 0 fully saturated rings. The lowest BCUT2D eigenvalue weighted by Gasteiger charge is -2.25. The van der Waals surface area contributed by atoms with Gasteiger partial charge in [-0.2, -0.15) is 0 Å². The molecular formula is C24H26NOP. The maximum absolute atomic E-state index is 14.4. The van der Waals surface area contributed by atoms with Crippen molar-refractivity contribution in [2.45, 2.75) is 26.8 Å². The molecule has 0 heterocycles. The first kappa shape index (κ1) is 19.2. The zero-order valence-corrected chi connectivity index (χ0v) is 17.0. The fourth-order valence-electron chi connectivity index (χ4n) is 3.30. The van der Waals surface area contributed by atoms with Crippen LogP contribution < -0.4 is 15.9 Å². The van der Waals surface area contributed by atoms with E-state index >= 15 is 0 Å². The fraction of sp³-hybridized carbons (Fsp3) is 0.167. The van der Waals surface area contributed by atoms with Gasteiger partial charge in [0.25, 0.3) is 0 Å². The van der Waals surface area contributed by atoms with E-state index in [4.69, 9.17) is 0 Å². The monoisotopic (exact) mass is 375 g/mol. The summed E-state index contributed by atoms with van der Waals surface area (Å²) in [4.78, 5) is 0. The van der Waals surface area contributed by atoms with E-state index in [-0.39, 0.29) is 6.04 Å². The first-order valence-corrected chi connectivity index (χ1v) is 10.9. The van der Waals surface area contributed by atoms with Gasteiger partial charge in [0, 0.05) is 27.7 Å². The summed E-state index contributed by atoms with van der Waals surface area (Å²) in [6.45, 7) is 6.14. The lowest BCUT2D eigenvalue weighted by molar-refractivity contribution is 0.589. The van der Waals surface area contributed by atoms with Gasteiger partial charge in [0.05, 0.1) is 0 Å². The lowest BCUT2D eigenvalue weighted by atomic mass is 10.1. The van der Waals surface area contributed by atoms with Crippen molar-refractivity contribution >= 4 is 17.8 Å². The van der Waals surface area contributed by atoms with E-state index in [1.807, 2.05) is 92.7 Å². The van der Waals surface area contributed by atoms with Crippen molar-refractivity contribution in [2.75, 3.05) is 0 Å². The first-order chi connectivity index (χ1) is 13.0. The van der Waals surface area contributed by atoms with Crippen LogP contribution in [0.5, 0.6) is 0 Å². The molecule has 0 unspecified atom stereocenters. The summed E-state index contributed by atoms with van der Waals surface area (Å²) in [7, 11) is -2.90. The highest BCUT2D eigenvalue weighted by atomic mass is 31.2. The lowest BCUT2D eigenvalue weighted by Crippen LogP contribution is -2.22. The molecule has 2 nitrogen and oxygen atoms in total. The summed E-state index contributed by atoms with van der Waals surface area (Å²) < 4.78 is 14.4. The number of rotatable bonds is 6. The molecule has 0 aromatic heterocycles. The van der Waals surface area contributed by atoms with E-state index in [0.717, 1.165) is 21.6 Å². The van der Waals surface area contributed by atoms with Crippen LogP contribution in [0.1, 0.15) is 32.4 Å². The summed E-state index contributed by atoms with van der Waals surface area (Å²) in [6, 6.07) is 30.0. The topological polar surface area (TPSA) is 29.1 Å². The largest absolute Gasteiger partial charge is 0.382 e. The summed E-state index contributed by atoms with van der Waals surface area (Å²) in [5.41, 5.74) is 2.17. The molecule has 3 heteroatoms. The minimum absolute atomic E-state index is 0.140. The SMILES string of the molecule is C/C(N[C@H](C)c1ccccc1)=C(/C)P(=O)(c1ccccc1)c1ccccc1. The van der Waals surface area contributed by atoms with E-state index in [9.17, 15) is 4.57 Å². The van der Waals surface area contributed by atoms with E-state index in [0.29, 0.717) is 0 Å². The van der Waals surface area contributed by atoms with Crippen molar-refractivity contribution in [3.8, 4) is 0 Å². The van der Waals surface area contributed by atoms with Crippen LogP contribution in [0.15, 0.2) is 102 Å². The van der Waals surface area contributed by atoms with Crippen molar-refractivity contribution in [1.82, 2.24) is 5.32 Å². The average molecular weight is 375 g/mol. The van der Waals surface area contributed by atoms with Crippen LogP contribution in [0.2, 0.25) is 0 Å². The molecule has 138 valence electrons. The molecule has 0 bridgehead atoms. The third kappa shape index (κ3) is 4.07. The van der Waals surface area contributed by atoms with Gasteiger partial charge in [-0.25, -0.2) is 0 Å². The Hall–Kier alpha value is -2.57. The summed E-state index contributed by atoms with van der Waals surface area (Å²) in [6.07, 6.45) is 0. The van der Waals surface area contributed by atoms with Crippen LogP contribution in [-0.4, -0.2) is 0 Å². The van der Waals surface area contributed by atoms with E-state index in [1.165, 1.54) is 5.56 Å². The summed E-state index contributed by atoms with van der Waals surface area (Å²) >= 11 is 0. The number of allylic oxidation sites excluding steroid dienone is 2. The van der Waals surface area contributed by atoms with Crippen LogP contribution in [0.4, 0.5) is 0 Å². The van der Waals surface area contributed by atoms with Gasteiger partial charge in [0.15, 0.2) is 7.14 Å². The zero-order valence-electron chi connectivity index (χ0n) is 16.1. The van der Waals surface area contributed by atoms with Crippen molar-refractivity contribution in [3.05, 3.63) is 108 Å². The second-order valence-electron chi connectivity index (χ2n) is 6.77. The second kappa shape index (κ2) is 8.41. The molecule has 3 aromatic carbocycles. The third-order valence-electron chi connectivity index (χ3n) is 4.99. The predicted octanol–water partition coefficient (Wildman–Crippen LogP) is 5.60. The van der Waals surface area contributed by atoms with Gasteiger partial charge in [0.1, 0.15) is 0 Å². The molecule has 0 saturated heterocycles. The Morgan fingerprint density at radius 3 is 1.59 bits per heavy atom. The smallest absolute Gasteiger partial charge is 0.168 e. The van der Waals surface area contributed by atoms with Gasteiger partial charge in [-0.3, -0.25) is 0 Å². The van der Waals surface area contributed by atoms with Gasteiger partial charge in [0.2, 0.25) is 0 Å². The molecule has 0 spiro atoms. The maximum Gasteiger partial charge on any atom is 0.168 e. The third-order valence-corrected chi connectivity index (χ3v) is 8.32. The Kier molecular flexibility index (Phi) is 5.98. The molecule has 0 saturated carbocycles. The highest BCUT2D eigenvalue weighted by Crippen LogP contribution is 2.52. The van der Waals surface area contributed by atoms with E-state index in [2.05, 4.69) is 24.4 Å². The standard InChI is InChI=1S/C24H26NOP/c1-19(25-20(2)22-13-7-4-8-14-22)21(3)27(26,23-15-9-5-10-16-23)24-17-11-6-12-18-24/h4-18,20,25H,1-3H3/b21-19+/t20-/m1/s1. The highest BCUT2D eigenvalue weighted by Gasteiger charge is 2.30. The molecule has 3 rings (SSSR count). The molecule has 1 N–H and O–H groups in total. The maximum atomic E-state index is 14.4. The van der Waals surface area contributed by atoms with E-state index < -0.39 is 7.14 Å². The fourth-order valence-corrected chi connectivity index (χ4v) is 6.10. The number of hydrogen-bond acceptors (Lipinski definition) is 2. The van der Waals surface area contributed by atoms with E-state index in [1.54, 1.807) is 0 Å². The molecule has 3 aromatic rings. The molecule has 1 atom stereocenters. The van der Waals surface area contributed by atoms with Crippen molar-refractivity contribution < 1.29 is 4.57 Å². The van der Waals surface area contributed by atoms with Crippen molar-refractivity contribution in [2.24, 2.45) is 0 Å². The molecular weight excluding hydrogens is 349 g/mol. The summed E-state index contributed by atoms with van der Waals surface area (Å²) in [5, 5.41) is 6.17. The van der Waals surface area contributed by atoms with Crippen molar-refractivity contribution in [3.63, 3.8) is 0 Å². The van der Waals surface area contributed by atoms with Crippen LogP contribution in [0.3, 0.4) is 0 Å². The number of benzene rings is 3. The predicted molar refractivity (Wildman–Crippen MR) is 116 cm³/mol. The minimum Gasteiger partial charge on any atom is -0.382 e.